The molecule has 6 aromatic rings. The number of hydrogen-bond acceptors (Lipinski definition) is 4. The molecule has 3 aromatic heterocycles. The number of benzene rings is 3. The van der Waals surface area contributed by atoms with E-state index in [0.717, 1.165) is 109 Å². The minimum absolute atomic E-state index is 0.0484. The van der Waals surface area contributed by atoms with Gasteiger partial charge in [0.2, 0.25) is 0 Å². The van der Waals surface area contributed by atoms with E-state index in [1.807, 2.05) is 60.7 Å². The summed E-state index contributed by atoms with van der Waals surface area (Å²) in [7, 11) is 0. The Labute approximate surface area is 332 Å². The zero-order valence-corrected chi connectivity index (χ0v) is 31.9. The first-order chi connectivity index (χ1) is 28.0. The fraction of sp³-hybridized carbons (Fsp3) is 0.140. The number of hydrogen-bond donors (Lipinski definition) is 3. The van der Waals surface area contributed by atoms with Crippen LogP contribution in [-0.4, -0.2) is 32.6 Å². The smallest absolute Gasteiger partial charge is 0.411 e. The number of H-pyrrole nitrogens is 2. The van der Waals surface area contributed by atoms with Gasteiger partial charge in [-0.25, -0.2) is 14.8 Å². The van der Waals surface area contributed by atoms with E-state index in [1.165, 1.54) is 11.1 Å². The molecule has 0 saturated carbocycles. The second kappa shape index (κ2) is 15.3. The standard InChI is InChI=1S/C50H43N5O2/c1-4-7-8-19-37-45-24-22-41(51-45)31(5-2)43-26-28-47(53-43)49(48-29-27-44(54-48)32(6-3)42-23-25-46(37)52-42)38-20-13-14-21-40(38)55-50(56)57-30-39-35-17-11-9-15-33(35)34-16-10-12-18-36(34)39/h5-6,9-18,20-29,39,53-54H,2-4,7-8,19,30H2,1H3,(H,55,56). The molecule has 3 aromatic carbocycles. The van der Waals surface area contributed by atoms with E-state index in [4.69, 9.17) is 14.7 Å². The van der Waals surface area contributed by atoms with Gasteiger partial charge < -0.3 is 14.7 Å². The summed E-state index contributed by atoms with van der Waals surface area (Å²) >= 11 is 0. The van der Waals surface area contributed by atoms with Crippen LogP contribution in [0.1, 0.15) is 82.7 Å². The van der Waals surface area contributed by atoms with Gasteiger partial charge in [-0.3, -0.25) is 5.32 Å². The summed E-state index contributed by atoms with van der Waals surface area (Å²) in [5.74, 6) is -0.0484. The first kappa shape index (κ1) is 35.7. The minimum Gasteiger partial charge on any atom is -0.448 e. The fourth-order valence-corrected chi connectivity index (χ4v) is 8.39. The lowest BCUT2D eigenvalue weighted by molar-refractivity contribution is 0.158. The highest BCUT2D eigenvalue weighted by atomic mass is 16.5. The Morgan fingerprint density at radius 1 is 0.667 bits per heavy atom. The van der Waals surface area contributed by atoms with E-state index in [9.17, 15) is 4.79 Å². The largest absolute Gasteiger partial charge is 0.448 e. The lowest BCUT2D eigenvalue weighted by Crippen LogP contribution is -2.18. The summed E-state index contributed by atoms with van der Waals surface area (Å²) < 4.78 is 6.00. The highest BCUT2D eigenvalue weighted by molar-refractivity contribution is 6.02. The van der Waals surface area contributed by atoms with E-state index in [-0.39, 0.29) is 12.5 Å². The van der Waals surface area contributed by atoms with Gasteiger partial charge in [0, 0.05) is 55.8 Å². The first-order valence-corrected chi connectivity index (χ1v) is 19.7. The number of carbonyl (C=O) groups excluding carboxylic acids is 1. The fourth-order valence-electron chi connectivity index (χ4n) is 8.39. The number of nitrogens with one attached hydrogen (secondary N) is 3. The Balaban J connectivity index is 1.16. The van der Waals surface area contributed by atoms with Gasteiger partial charge in [0.15, 0.2) is 0 Å². The van der Waals surface area contributed by atoms with Crippen molar-refractivity contribution in [3.05, 3.63) is 161 Å². The van der Waals surface area contributed by atoms with Crippen molar-refractivity contribution in [1.29, 1.82) is 0 Å². The van der Waals surface area contributed by atoms with Crippen molar-refractivity contribution in [2.24, 2.45) is 0 Å². The Morgan fingerprint density at radius 2 is 1.18 bits per heavy atom. The maximum atomic E-state index is 13.7. The molecule has 0 radical (unpaired) electrons. The van der Waals surface area contributed by atoms with Crippen molar-refractivity contribution in [2.45, 2.75) is 38.5 Å². The number of unbranched alkanes of at least 4 members (excludes halogenated alkanes) is 2. The third-order valence-corrected chi connectivity index (χ3v) is 11.2. The maximum Gasteiger partial charge on any atom is 0.411 e. The van der Waals surface area contributed by atoms with E-state index in [0.29, 0.717) is 5.69 Å². The summed E-state index contributed by atoms with van der Waals surface area (Å²) in [6.45, 7) is 10.8. The maximum absolute atomic E-state index is 13.7. The van der Waals surface area contributed by atoms with E-state index >= 15 is 0 Å². The average molecular weight is 746 g/mol. The van der Waals surface area contributed by atoms with Gasteiger partial charge in [0.1, 0.15) is 6.61 Å². The minimum atomic E-state index is -0.524. The normalized spacial score (nSPS) is 12.6. The second-order valence-electron chi connectivity index (χ2n) is 14.5. The van der Waals surface area contributed by atoms with Gasteiger partial charge in [-0.05, 0) is 89.7 Å². The number of fused-ring (bicyclic) bond motifs is 11. The molecule has 0 atom stereocenters. The molecule has 1 aliphatic carbocycles. The van der Waals surface area contributed by atoms with Gasteiger partial charge >= 0.3 is 6.09 Å². The molecule has 1 amide bonds. The van der Waals surface area contributed by atoms with Crippen molar-refractivity contribution in [1.82, 2.24) is 19.9 Å². The molecule has 280 valence electrons. The molecule has 3 N–H and O–H groups in total. The molecule has 57 heavy (non-hydrogen) atoms. The Bertz CT molecular complexity index is 2670. The first-order valence-electron chi connectivity index (χ1n) is 19.7. The molecule has 9 rings (SSSR count). The van der Waals surface area contributed by atoms with Crippen LogP contribution in [0.5, 0.6) is 0 Å². The number of rotatable bonds is 10. The lowest BCUT2D eigenvalue weighted by atomic mass is 9.98. The number of amides is 1. The predicted octanol–water partition coefficient (Wildman–Crippen LogP) is 12.7. The zero-order chi connectivity index (χ0) is 38.9. The van der Waals surface area contributed by atoms with Crippen LogP contribution in [0.25, 0.3) is 80.8 Å². The van der Waals surface area contributed by atoms with Crippen LogP contribution in [-0.2, 0) is 11.2 Å². The van der Waals surface area contributed by atoms with Gasteiger partial charge in [0.05, 0.1) is 28.5 Å². The topological polar surface area (TPSA) is 95.7 Å². The third kappa shape index (κ3) is 6.61. The van der Waals surface area contributed by atoms with Gasteiger partial charge in [-0.1, -0.05) is 112 Å². The van der Waals surface area contributed by atoms with Crippen molar-refractivity contribution in [3.8, 4) is 22.3 Å². The number of para-hydroxylation sites is 1. The van der Waals surface area contributed by atoms with Crippen LogP contribution in [0.3, 0.4) is 0 Å². The number of aromatic nitrogens is 4. The Kier molecular flexibility index (Phi) is 9.56. The van der Waals surface area contributed by atoms with E-state index in [1.54, 1.807) is 0 Å². The number of aromatic amines is 2. The number of nitrogens with zero attached hydrogens (tertiary/aromatic N) is 2. The molecule has 7 nitrogen and oxygen atoms in total. The van der Waals surface area contributed by atoms with Crippen LogP contribution >= 0.6 is 0 Å². The van der Waals surface area contributed by atoms with Crippen molar-refractivity contribution in [2.75, 3.05) is 11.9 Å². The quantitative estimate of drug-likeness (QED) is 0.121. The summed E-state index contributed by atoms with van der Waals surface area (Å²) in [4.78, 5) is 31.4. The zero-order valence-electron chi connectivity index (χ0n) is 31.9. The molecule has 8 bridgehead atoms. The SMILES string of the molecule is C=Cc1c2nc(c(CCCCC)c3nc(c(C=C)c4ccc([nH]4)c(-c4ccccc4NC(=O)OCC4c5ccccc5-c5ccccc54)c4ccc1[nH]4)C=C3)C=C2. The highest BCUT2D eigenvalue weighted by Crippen LogP contribution is 2.45. The molecule has 3 aliphatic rings. The molecule has 0 saturated heterocycles. The predicted molar refractivity (Wildman–Crippen MR) is 236 cm³/mol. The average Bonchev–Trinajstić information content (AvgIpc) is 4.10. The van der Waals surface area contributed by atoms with Crippen LogP contribution in [0.4, 0.5) is 10.5 Å². The molecule has 5 heterocycles. The Morgan fingerprint density at radius 3 is 1.74 bits per heavy atom. The van der Waals surface area contributed by atoms with Gasteiger partial charge in [-0.15, -0.1) is 0 Å². The van der Waals surface area contributed by atoms with Crippen LogP contribution < -0.4 is 5.32 Å². The van der Waals surface area contributed by atoms with Crippen LogP contribution in [0, 0.1) is 0 Å². The number of anilines is 1. The molecule has 0 spiro atoms. The van der Waals surface area contributed by atoms with E-state index < -0.39 is 6.09 Å². The monoisotopic (exact) mass is 745 g/mol. The second-order valence-corrected chi connectivity index (χ2v) is 14.5. The molecule has 0 unspecified atom stereocenters. The van der Waals surface area contributed by atoms with Crippen molar-refractivity contribution in [3.63, 3.8) is 0 Å². The lowest BCUT2D eigenvalue weighted by Gasteiger charge is -2.16. The Hall–Kier alpha value is -6.99. The number of carbonyl (C=O) groups is 1. The molecule has 0 fully saturated rings. The van der Waals surface area contributed by atoms with Gasteiger partial charge in [-0.2, -0.15) is 0 Å². The van der Waals surface area contributed by atoms with Crippen LogP contribution in [0.2, 0.25) is 0 Å². The summed E-state index contributed by atoms with van der Waals surface area (Å²) in [5.41, 5.74) is 16.9. The van der Waals surface area contributed by atoms with Crippen molar-refractivity contribution < 1.29 is 9.53 Å². The molecular weight excluding hydrogens is 703 g/mol. The molecule has 2 aliphatic heterocycles. The summed E-state index contributed by atoms with van der Waals surface area (Å²) in [6.07, 6.45) is 15.7. The highest BCUT2D eigenvalue weighted by Gasteiger charge is 2.29. The van der Waals surface area contributed by atoms with E-state index in [2.05, 4.69) is 108 Å². The summed E-state index contributed by atoms with van der Waals surface area (Å²) in [6, 6.07) is 32.7. The van der Waals surface area contributed by atoms with Crippen molar-refractivity contribution >= 4 is 70.3 Å². The number of ether oxygens (including phenoxy) is 1. The third-order valence-electron chi connectivity index (χ3n) is 11.2. The van der Waals surface area contributed by atoms with Crippen LogP contribution in [0.15, 0.2) is 110 Å². The molecular formula is C50H43N5O2. The summed E-state index contributed by atoms with van der Waals surface area (Å²) in [5, 5.41) is 3.09. The molecule has 7 heteroatoms. The van der Waals surface area contributed by atoms with Gasteiger partial charge in [0.25, 0.3) is 0 Å².